The van der Waals surface area contributed by atoms with E-state index in [2.05, 4.69) is 10.1 Å². The molecule has 0 spiro atoms. The number of cyclic esters (lactones) is 1. The maximum atomic E-state index is 13.5. The molecule has 0 aromatic heterocycles. The Hall–Kier alpha value is -1.50. The van der Waals surface area contributed by atoms with Crippen LogP contribution in [0.1, 0.15) is 17.2 Å². The molecule has 1 fully saturated rings. The van der Waals surface area contributed by atoms with Gasteiger partial charge in [0.2, 0.25) is 0 Å². The number of hydrogen-bond donors (Lipinski definition) is 1. The van der Waals surface area contributed by atoms with Crippen molar-refractivity contribution in [3.63, 3.8) is 0 Å². The zero-order chi connectivity index (χ0) is 12.6. The number of nitrogens with one attached hydrogen (secondary N) is 1. The van der Waals surface area contributed by atoms with Crippen LogP contribution in [0.2, 0.25) is 0 Å². The van der Waals surface area contributed by atoms with Gasteiger partial charge in [0.05, 0.1) is 11.6 Å². The molecule has 1 heterocycles. The second-order valence-electron chi connectivity index (χ2n) is 3.53. The van der Waals surface area contributed by atoms with Crippen LogP contribution in [0.25, 0.3) is 0 Å². The van der Waals surface area contributed by atoms with Crippen LogP contribution in [-0.4, -0.2) is 12.7 Å². The molecule has 18 heavy (non-hydrogen) atoms. The van der Waals surface area contributed by atoms with Crippen molar-refractivity contribution in [2.45, 2.75) is 12.2 Å². The molecule has 0 radical (unpaired) electrons. The van der Waals surface area contributed by atoms with Crippen molar-refractivity contribution >= 4 is 18.5 Å². The van der Waals surface area contributed by atoms with Crippen LogP contribution >= 0.6 is 12.4 Å². The highest BCUT2D eigenvalue weighted by atomic mass is 35.5. The molecule has 2 rings (SSSR count). The van der Waals surface area contributed by atoms with Crippen LogP contribution in [0, 0.1) is 5.82 Å². The second kappa shape index (κ2) is 5.01. The monoisotopic (exact) mass is 285 g/mol. The molecule has 1 saturated heterocycles. The molecule has 0 unspecified atom stereocenters. The number of halogens is 5. The quantitative estimate of drug-likeness (QED) is 0.806. The maximum absolute atomic E-state index is 13.5. The molecule has 0 saturated carbocycles. The Bertz CT molecular complexity index is 464. The minimum atomic E-state index is -4.59. The molecular weight excluding hydrogens is 278 g/mol. The van der Waals surface area contributed by atoms with Gasteiger partial charge in [-0.3, -0.25) is 0 Å². The Kier molecular flexibility index (Phi) is 4.05. The fourth-order valence-corrected chi connectivity index (χ4v) is 1.54. The Balaban J connectivity index is 0.00000162. The highest BCUT2D eigenvalue weighted by molar-refractivity contribution is 5.85. The number of hydrogen-bond acceptors (Lipinski definition) is 2. The molecule has 1 aliphatic rings. The summed E-state index contributed by atoms with van der Waals surface area (Å²) >= 11 is 0. The number of carbonyl (C=O) groups excluding carboxylic acids is 1. The van der Waals surface area contributed by atoms with Gasteiger partial charge in [-0.15, -0.1) is 12.4 Å². The van der Waals surface area contributed by atoms with Gasteiger partial charge in [-0.2, -0.15) is 13.2 Å². The van der Waals surface area contributed by atoms with Gasteiger partial charge in [0, 0.05) is 5.56 Å². The highest BCUT2D eigenvalue weighted by Crippen LogP contribution is 2.31. The summed E-state index contributed by atoms with van der Waals surface area (Å²) < 4.78 is 54.8. The number of carbonyl (C=O) groups is 1. The number of alkyl halides is 3. The first-order chi connectivity index (χ1) is 7.88. The van der Waals surface area contributed by atoms with Gasteiger partial charge in [0.15, 0.2) is 0 Å². The molecular formula is C10H8ClF4NO2. The topological polar surface area (TPSA) is 38.3 Å². The summed E-state index contributed by atoms with van der Waals surface area (Å²) in [6.07, 6.45) is -5.30. The van der Waals surface area contributed by atoms with Crippen molar-refractivity contribution in [1.82, 2.24) is 5.32 Å². The highest BCUT2D eigenvalue weighted by Gasteiger charge is 2.33. The predicted octanol–water partition coefficient (Wildman–Crippen LogP) is 3.05. The van der Waals surface area contributed by atoms with E-state index in [0.29, 0.717) is 6.07 Å². The molecule has 1 aromatic rings. The number of amides is 1. The molecule has 1 atom stereocenters. The van der Waals surface area contributed by atoms with E-state index >= 15 is 0 Å². The first-order valence-corrected chi connectivity index (χ1v) is 4.68. The minimum absolute atomic E-state index is 0. The normalized spacial score (nSPS) is 18.9. The fourth-order valence-electron chi connectivity index (χ4n) is 1.54. The van der Waals surface area contributed by atoms with E-state index in [1.54, 1.807) is 0 Å². The van der Waals surface area contributed by atoms with Crippen molar-refractivity contribution in [3.05, 3.63) is 35.1 Å². The molecule has 1 amide bonds. The second-order valence-corrected chi connectivity index (χ2v) is 3.53. The molecule has 100 valence electrons. The van der Waals surface area contributed by atoms with Gasteiger partial charge >= 0.3 is 12.3 Å². The average Bonchev–Trinajstić information content (AvgIpc) is 2.63. The predicted molar refractivity (Wildman–Crippen MR) is 55.9 cm³/mol. The van der Waals surface area contributed by atoms with Crippen molar-refractivity contribution < 1.29 is 27.1 Å². The summed E-state index contributed by atoms with van der Waals surface area (Å²) in [7, 11) is 0. The van der Waals surface area contributed by atoms with Crippen LogP contribution in [-0.2, 0) is 10.9 Å². The van der Waals surface area contributed by atoms with Crippen LogP contribution in [0.4, 0.5) is 22.4 Å². The Morgan fingerprint density at radius 3 is 2.44 bits per heavy atom. The van der Waals surface area contributed by atoms with E-state index < -0.39 is 29.7 Å². The van der Waals surface area contributed by atoms with E-state index in [1.165, 1.54) is 0 Å². The fraction of sp³-hybridized carbons (Fsp3) is 0.300. The lowest BCUT2D eigenvalue weighted by Crippen LogP contribution is -2.19. The van der Waals surface area contributed by atoms with Crippen LogP contribution in [0.15, 0.2) is 18.2 Å². The number of rotatable bonds is 1. The van der Waals surface area contributed by atoms with Crippen LogP contribution in [0.5, 0.6) is 0 Å². The molecule has 0 bridgehead atoms. The van der Waals surface area contributed by atoms with Gasteiger partial charge in [-0.25, -0.2) is 9.18 Å². The third-order valence-electron chi connectivity index (χ3n) is 2.38. The van der Waals surface area contributed by atoms with E-state index in [9.17, 15) is 22.4 Å². The summed E-state index contributed by atoms with van der Waals surface area (Å²) in [5, 5.41) is 2.29. The van der Waals surface area contributed by atoms with E-state index in [4.69, 9.17) is 0 Å². The van der Waals surface area contributed by atoms with E-state index in [1.807, 2.05) is 0 Å². The zero-order valence-electron chi connectivity index (χ0n) is 8.75. The van der Waals surface area contributed by atoms with Crippen LogP contribution < -0.4 is 5.32 Å². The lowest BCUT2D eigenvalue weighted by atomic mass is 10.0. The molecule has 1 aliphatic heterocycles. The van der Waals surface area contributed by atoms with Gasteiger partial charge in [-0.1, -0.05) is 6.07 Å². The minimum Gasteiger partial charge on any atom is -0.447 e. The summed E-state index contributed by atoms with van der Waals surface area (Å²) in [5.74, 6) is -1.02. The van der Waals surface area contributed by atoms with Gasteiger partial charge in [0.25, 0.3) is 0 Å². The first kappa shape index (κ1) is 14.6. The summed E-state index contributed by atoms with van der Waals surface area (Å²) in [5.41, 5.74) is -1.09. The van der Waals surface area contributed by atoms with Crippen molar-refractivity contribution in [2.24, 2.45) is 0 Å². The van der Waals surface area contributed by atoms with Gasteiger partial charge in [0.1, 0.15) is 12.4 Å². The summed E-state index contributed by atoms with van der Waals surface area (Å²) in [6.45, 7) is -0.0961. The largest absolute Gasteiger partial charge is 0.447 e. The van der Waals surface area contributed by atoms with E-state index in [-0.39, 0.29) is 24.6 Å². The summed E-state index contributed by atoms with van der Waals surface area (Å²) in [4.78, 5) is 10.7. The average molecular weight is 286 g/mol. The van der Waals surface area contributed by atoms with Gasteiger partial charge < -0.3 is 10.1 Å². The lowest BCUT2D eigenvalue weighted by Gasteiger charge is -2.12. The van der Waals surface area contributed by atoms with Gasteiger partial charge in [-0.05, 0) is 12.1 Å². The lowest BCUT2D eigenvalue weighted by molar-refractivity contribution is -0.137. The van der Waals surface area contributed by atoms with Crippen molar-refractivity contribution in [1.29, 1.82) is 0 Å². The van der Waals surface area contributed by atoms with Crippen molar-refractivity contribution in [3.8, 4) is 0 Å². The Labute approximate surface area is 106 Å². The smallest absolute Gasteiger partial charge is 0.416 e. The Morgan fingerprint density at radius 1 is 1.33 bits per heavy atom. The standard InChI is InChI=1S/C10H7F4NO2.ClH/c11-7-3-5(10(12,13)14)1-2-6(7)8-4-17-9(16)15-8;/h1-3,8H,4H2,(H,15,16);1H/t8-;/m1./s1. The van der Waals surface area contributed by atoms with Crippen molar-refractivity contribution in [2.75, 3.05) is 6.61 Å². The number of benzene rings is 1. The third-order valence-corrected chi connectivity index (χ3v) is 2.38. The number of ether oxygens (including phenoxy) is 1. The zero-order valence-corrected chi connectivity index (χ0v) is 9.57. The molecule has 1 N–H and O–H groups in total. The molecule has 3 nitrogen and oxygen atoms in total. The third kappa shape index (κ3) is 2.84. The Morgan fingerprint density at radius 2 is 2.00 bits per heavy atom. The van der Waals surface area contributed by atoms with Crippen LogP contribution in [0.3, 0.4) is 0 Å². The maximum Gasteiger partial charge on any atom is 0.416 e. The SMILES string of the molecule is Cl.O=C1N[C@@H](c2ccc(C(F)(F)F)cc2F)CO1. The summed E-state index contributed by atoms with van der Waals surface area (Å²) in [6, 6.07) is 1.42. The first-order valence-electron chi connectivity index (χ1n) is 4.68. The molecule has 8 heteroatoms. The number of alkyl carbamates (subject to hydrolysis) is 1. The molecule has 1 aromatic carbocycles. The van der Waals surface area contributed by atoms with E-state index in [0.717, 1.165) is 12.1 Å². The molecule has 0 aliphatic carbocycles.